The number of likely N-dealkylation sites (N-methyl/N-ethyl adjacent to an activating group) is 1. The van der Waals surface area contributed by atoms with E-state index >= 15 is 0 Å². The maximum absolute atomic E-state index is 12.7. The molecule has 0 amide bonds. The number of fused-ring (bicyclic) bond motifs is 1. The topological polar surface area (TPSA) is 59.8 Å². The molecule has 0 radical (unpaired) electrons. The molecule has 0 unspecified atom stereocenters. The SMILES string of the molecule is CCN(CC)CC(=O)Oc1ccc2c(=O)c(-c3ccccc3)coc2c1. The molecule has 3 rings (SSSR count). The van der Waals surface area contributed by atoms with Crippen LogP contribution in [0, 0.1) is 0 Å². The summed E-state index contributed by atoms with van der Waals surface area (Å²) in [5, 5.41) is 0.454. The summed E-state index contributed by atoms with van der Waals surface area (Å²) in [6, 6.07) is 14.2. The highest BCUT2D eigenvalue weighted by molar-refractivity contribution is 5.83. The monoisotopic (exact) mass is 351 g/mol. The van der Waals surface area contributed by atoms with Gasteiger partial charge in [-0.1, -0.05) is 44.2 Å². The lowest BCUT2D eigenvalue weighted by atomic mass is 10.1. The Hall–Kier alpha value is -2.92. The fourth-order valence-corrected chi connectivity index (χ4v) is 2.78. The maximum atomic E-state index is 12.7. The van der Waals surface area contributed by atoms with E-state index in [4.69, 9.17) is 9.15 Å². The zero-order valence-electron chi connectivity index (χ0n) is 14.9. The van der Waals surface area contributed by atoms with Gasteiger partial charge in [0.25, 0.3) is 0 Å². The molecule has 3 aromatic rings. The van der Waals surface area contributed by atoms with Crippen LogP contribution in [-0.2, 0) is 4.79 Å². The molecule has 0 fully saturated rings. The van der Waals surface area contributed by atoms with Gasteiger partial charge in [0.1, 0.15) is 17.6 Å². The fourth-order valence-electron chi connectivity index (χ4n) is 2.78. The van der Waals surface area contributed by atoms with Gasteiger partial charge in [0.15, 0.2) is 5.43 Å². The number of ether oxygens (including phenoxy) is 1. The van der Waals surface area contributed by atoms with Crippen LogP contribution in [-0.4, -0.2) is 30.5 Å². The standard InChI is InChI=1S/C21H21NO4/c1-3-22(4-2)13-20(23)26-16-10-11-17-19(12-16)25-14-18(21(17)24)15-8-6-5-7-9-15/h5-12,14H,3-4,13H2,1-2H3. The summed E-state index contributed by atoms with van der Waals surface area (Å²) >= 11 is 0. The Morgan fingerprint density at radius 2 is 1.81 bits per heavy atom. The molecule has 0 N–H and O–H groups in total. The van der Waals surface area contributed by atoms with E-state index in [0.29, 0.717) is 22.3 Å². The normalized spacial score (nSPS) is 11.0. The molecule has 26 heavy (non-hydrogen) atoms. The first-order valence-electron chi connectivity index (χ1n) is 8.66. The van der Waals surface area contributed by atoms with E-state index in [1.807, 2.05) is 49.1 Å². The molecule has 5 heteroatoms. The number of carbonyl (C=O) groups is 1. The van der Waals surface area contributed by atoms with Gasteiger partial charge in [-0.25, -0.2) is 0 Å². The van der Waals surface area contributed by atoms with Gasteiger partial charge in [-0.2, -0.15) is 0 Å². The van der Waals surface area contributed by atoms with Crippen molar-refractivity contribution in [2.75, 3.05) is 19.6 Å². The molecule has 0 bridgehead atoms. The average molecular weight is 351 g/mol. The summed E-state index contributed by atoms with van der Waals surface area (Å²) in [6.07, 6.45) is 1.45. The van der Waals surface area contributed by atoms with Gasteiger partial charge in [0, 0.05) is 6.07 Å². The molecule has 0 atom stereocenters. The Morgan fingerprint density at radius 1 is 1.08 bits per heavy atom. The van der Waals surface area contributed by atoms with Crippen molar-refractivity contribution in [3.63, 3.8) is 0 Å². The van der Waals surface area contributed by atoms with Gasteiger partial charge in [0.05, 0.1) is 17.5 Å². The largest absolute Gasteiger partial charge is 0.463 e. The molecule has 134 valence electrons. The number of hydrogen-bond acceptors (Lipinski definition) is 5. The Labute approximate surface area is 151 Å². The molecule has 0 saturated heterocycles. The third kappa shape index (κ3) is 3.83. The van der Waals surface area contributed by atoms with Crippen molar-refractivity contribution in [3.05, 3.63) is 65.0 Å². The molecular weight excluding hydrogens is 330 g/mol. The van der Waals surface area contributed by atoms with Gasteiger partial charge in [-0.15, -0.1) is 0 Å². The van der Waals surface area contributed by atoms with Crippen molar-refractivity contribution >= 4 is 16.9 Å². The van der Waals surface area contributed by atoms with Crippen molar-refractivity contribution in [1.29, 1.82) is 0 Å². The lowest BCUT2D eigenvalue weighted by Gasteiger charge is -2.16. The number of benzene rings is 2. The summed E-state index contributed by atoms with van der Waals surface area (Å²) in [5.74, 6) is 0.0292. The highest BCUT2D eigenvalue weighted by atomic mass is 16.5. The van der Waals surface area contributed by atoms with E-state index in [-0.39, 0.29) is 17.9 Å². The number of carbonyl (C=O) groups excluding carboxylic acids is 1. The Kier molecular flexibility index (Phi) is 5.49. The molecule has 0 aliphatic heterocycles. The minimum absolute atomic E-state index is 0.113. The average Bonchev–Trinajstić information content (AvgIpc) is 2.67. The lowest BCUT2D eigenvalue weighted by molar-refractivity contribution is -0.135. The second kappa shape index (κ2) is 7.97. The van der Waals surface area contributed by atoms with Crippen LogP contribution in [0.1, 0.15) is 13.8 Å². The van der Waals surface area contributed by atoms with Crippen LogP contribution in [0.2, 0.25) is 0 Å². The van der Waals surface area contributed by atoms with Crippen LogP contribution in [0.4, 0.5) is 0 Å². The molecule has 1 aromatic heterocycles. The van der Waals surface area contributed by atoms with Crippen LogP contribution in [0.25, 0.3) is 22.1 Å². The van der Waals surface area contributed by atoms with E-state index < -0.39 is 0 Å². The van der Waals surface area contributed by atoms with Crippen LogP contribution < -0.4 is 10.2 Å². The second-order valence-electron chi connectivity index (χ2n) is 5.94. The van der Waals surface area contributed by atoms with E-state index in [0.717, 1.165) is 18.7 Å². The highest BCUT2D eigenvalue weighted by Gasteiger charge is 2.13. The molecule has 0 saturated carbocycles. The Bertz CT molecular complexity index is 959. The van der Waals surface area contributed by atoms with E-state index in [1.54, 1.807) is 18.2 Å². The van der Waals surface area contributed by atoms with Gasteiger partial charge >= 0.3 is 5.97 Å². The molecule has 1 heterocycles. The van der Waals surface area contributed by atoms with Crippen molar-refractivity contribution < 1.29 is 13.9 Å². The maximum Gasteiger partial charge on any atom is 0.325 e. The van der Waals surface area contributed by atoms with Crippen molar-refractivity contribution in [1.82, 2.24) is 4.90 Å². The van der Waals surface area contributed by atoms with Gasteiger partial charge in [-0.3, -0.25) is 14.5 Å². The summed E-state index contributed by atoms with van der Waals surface area (Å²) in [5.41, 5.74) is 1.59. The number of rotatable bonds is 6. The summed E-state index contributed by atoms with van der Waals surface area (Å²) < 4.78 is 11.0. The summed E-state index contributed by atoms with van der Waals surface area (Å²) in [6.45, 7) is 5.76. The third-order valence-corrected chi connectivity index (χ3v) is 4.31. The van der Waals surface area contributed by atoms with E-state index in [2.05, 4.69) is 0 Å². The van der Waals surface area contributed by atoms with Gasteiger partial charge in [-0.05, 0) is 30.8 Å². The summed E-state index contributed by atoms with van der Waals surface area (Å²) in [4.78, 5) is 26.7. The minimum atomic E-state index is -0.337. The molecular formula is C21H21NO4. The van der Waals surface area contributed by atoms with E-state index in [1.165, 1.54) is 6.26 Å². The number of esters is 1. The number of nitrogens with zero attached hydrogens (tertiary/aromatic N) is 1. The van der Waals surface area contributed by atoms with Crippen molar-refractivity contribution in [2.45, 2.75) is 13.8 Å². The Balaban J connectivity index is 1.86. The summed E-state index contributed by atoms with van der Waals surface area (Å²) in [7, 11) is 0. The zero-order chi connectivity index (χ0) is 18.5. The van der Waals surface area contributed by atoms with Crippen molar-refractivity contribution in [3.8, 4) is 16.9 Å². The molecule has 0 aliphatic rings. The van der Waals surface area contributed by atoms with Crippen LogP contribution >= 0.6 is 0 Å². The predicted octanol–water partition coefficient (Wildman–Crippen LogP) is 3.71. The molecule has 5 nitrogen and oxygen atoms in total. The molecule has 0 aliphatic carbocycles. The minimum Gasteiger partial charge on any atom is -0.463 e. The number of hydrogen-bond donors (Lipinski definition) is 0. The Morgan fingerprint density at radius 3 is 2.50 bits per heavy atom. The van der Waals surface area contributed by atoms with E-state index in [9.17, 15) is 9.59 Å². The van der Waals surface area contributed by atoms with Crippen molar-refractivity contribution in [2.24, 2.45) is 0 Å². The predicted molar refractivity (Wildman–Crippen MR) is 101 cm³/mol. The quantitative estimate of drug-likeness (QED) is 0.500. The zero-order valence-corrected chi connectivity index (χ0v) is 14.9. The van der Waals surface area contributed by atoms with Gasteiger partial charge in [0.2, 0.25) is 0 Å². The fraction of sp³-hybridized carbons (Fsp3) is 0.238. The van der Waals surface area contributed by atoms with Gasteiger partial charge < -0.3 is 9.15 Å². The van der Waals surface area contributed by atoms with Crippen LogP contribution in [0.5, 0.6) is 5.75 Å². The van der Waals surface area contributed by atoms with Crippen LogP contribution in [0.15, 0.2) is 64.0 Å². The lowest BCUT2D eigenvalue weighted by Crippen LogP contribution is -2.31. The molecule has 0 spiro atoms. The first-order chi connectivity index (χ1) is 12.6. The highest BCUT2D eigenvalue weighted by Crippen LogP contribution is 2.23. The second-order valence-corrected chi connectivity index (χ2v) is 5.94. The first kappa shape index (κ1) is 17.9. The first-order valence-corrected chi connectivity index (χ1v) is 8.66. The third-order valence-electron chi connectivity index (χ3n) is 4.31. The van der Waals surface area contributed by atoms with Crippen LogP contribution in [0.3, 0.4) is 0 Å². The molecule has 2 aromatic carbocycles. The smallest absolute Gasteiger partial charge is 0.325 e.